The van der Waals surface area contributed by atoms with E-state index in [1.54, 1.807) is 6.07 Å². The Morgan fingerprint density at radius 3 is 2.50 bits per heavy atom. The second-order valence-electron chi connectivity index (χ2n) is 3.49. The summed E-state index contributed by atoms with van der Waals surface area (Å²) in [5.74, 6) is 0.899. The van der Waals surface area contributed by atoms with Crippen LogP contribution >= 0.6 is 0 Å². The Morgan fingerprint density at radius 1 is 1.25 bits per heavy atom. The van der Waals surface area contributed by atoms with E-state index in [2.05, 4.69) is 0 Å². The van der Waals surface area contributed by atoms with Gasteiger partial charge in [0.25, 0.3) is 0 Å². The molecule has 0 radical (unpaired) electrons. The minimum absolute atomic E-state index is 0.342. The molecule has 12 heavy (non-hydrogen) atoms. The highest BCUT2D eigenvalue weighted by atomic mass is 16.3. The van der Waals surface area contributed by atoms with Gasteiger partial charge in [-0.2, -0.15) is 0 Å². The van der Waals surface area contributed by atoms with E-state index >= 15 is 0 Å². The van der Waals surface area contributed by atoms with E-state index in [0.29, 0.717) is 17.7 Å². The van der Waals surface area contributed by atoms with Crippen molar-refractivity contribution in [3.63, 3.8) is 0 Å². The Kier molecular flexibility index (Phi) is 1.77. The van der Waals surface area contributed by atoms with Crippen molar-refractivity contribution in [3.8, 4) is 5.75 Å². The summed E-state index contributed by atoms with van der Waals surface area (Å²) in [5.41, 5.74) is 6.73. The van der Waals surface area contributed by atoms with Crippen LogP contribution in [0.3, 0.4) is 0 Å². The maximum atomic E-state index is 9.49. The minimum atomic E-state index is 0.342. The number of phenols is 1. The molecule has 0 heterocycles. The normalized spacial score (nSPS) is 28.1. The summed E-state index contributed by atoms with van der Waals surface area (Å²) in [4.78, 5) is 0. The Labute approximate surface area is 72.0 Å². The van der Waals surface area contributed by atoms with Gasteiger partial charge < -0.3 is 10.8 Å². The number of aromatic hydroxyl groups is 1. The van der Waals surface area contributed by atoms with Crippen LogP contribution in [-0.2, 0) is 0 Å². The fourth-order valence-electron chi connectivity index (χ4n) is 1.75. The van der Waals surface area contributed by atoms with Gasteiger partial charge in [0.1, 0.15) is 5.75 Å². The number of hydrogen-bond donors (Lipinski definition) is 2. The highest BCUT2D eigenvalue weighted by Gasteiger charge is 2.28. The molecule has 1 aromatic rings. The summed E-state index contributed by atoms with van der Waals surface area (Å²) >= 11 is 0. The first-order valence-electron chi connectivity index (χ1n) is 4.31. The largest absolute Gasteiger partial charge is 0.508 e. The van der Waals surface area contributed by atoms with Crippen LogP contribution in [0.25, 0.3) is 0 Å². The second kappa shape index (κ2) is 2.79. The lowest BCUT2D eigenvalue weighted by Gasteiger charge is -2.33. The van der Waals surface area contributed by atoms with Gasteiger partial charge in [0.05, 0.1) is 0 Å². The molecule has 2 nitrogen and oxygen atoms in total. The van der Waals surface area contributed by atoms with E-state index in [4.69, 9.17) is 5.73 Å². The second-order valence-corrected chi connectivity index (χ2v) is 3.49. The zero-order chi connectivity index (χ0) is 8.55. The predicted octanol–water partition coefficient (Wildman–Crippen LogP) is 1.60. The summed E-state index contributed by atoms with van der Waals surface area (Å²) in [6, 6.07) is 7.86. The zero-order valence-corrected chi connectivity index (χ0v) is 6.90. The molecule has 1 aromatic carbocycles. The molecule has 1 fully saturated rings. The van der Waals surface area contributed by atoms with Crippen LogP contribution in [0.1, 0.15) is 24.3 Å². The maximum absolute atomic E-state index is 9.49. The standard InChI is InChI=1S/C10H13NO/c11-8-5-7(6-8)9-3-1-2-4-10(9)12/h1-4,7-8,12H,5-6,11H2. The van der Waals surface area contributed by atoms with Crippen molar-refractivity contribution in [2.24, 2.45) is 5.73 Å². The molecular weight excluding hydrogens is 150 g/mol. The molecule has 2 rings (SSSR count). The topological polar surface area (TPSA) is 46.2 Å². The average Bonchev–Trinajstić information content (AvgIpc) is 2.01. The van der Waals surface area contributed by atoms with E-state index in [0.717, 1.165) is 18.4 Å². The molecule has 1 saturated carbocycles. The van der Waals surface area contributed by atoms with Gasteiger partial charge in [-0.05, 0) is 30.4 Å². The lowest BCUT2D eigenvalue weighted by molar-refractivity contribution is 0.339. The minimum Gasteiger partial charge on any atom is -0.508 e. The van der Waals surface area contributed by atoms with E-state index < -0.39 is 0 Å². The highest BCUT2D eigenvalue weighted by Crippen LogP contribution is 2.39. The van der Waals surface area contributed by atoms with Gasteiger partial charge in [0.15, 0.2) is 0 Å². The van der Waals surface area contributed by atoms with Crippen molar-refractivity contribution in [1.82, 2.24) is 0 Å². The van der Waals surface area contributed by atoms with E-state index in [-0.39, 0.29) is 0 Å². The smallest absolute Gasteiger partial charge is 0.119 e. The zero-order valence-electron chi connectivity index (χ0n) is 6.90. The molecular formula is C10H13NO. The van der Waals surface area contributed by atoms with Crippen molar-refractivity contribution in [2.45, 2.75) is 24.8 Å². The first-order chi connectivity index (χ1) is 5.77. The van der Waals surface area contributed by atoms with Gasteiger partial charge in [-0.15, -0.1) is 0 Å². The molecule has 0 spiro atoms. The molecule has 0 aromatic heterocycles. The number of hydrogen-bond acceptors (Lipinski definition) is 2. The molecule has 0 amide bonds. The number of para-hydroxylation sites is 1. The number of rotatable bonds is 1. The molecule has 0 bridgehead atoms. The lowest BCUT2D eigenvalue weighted by Crippen LogP contribution is -2.34. The maximum Gasteiger partial charge on any atom is 0.119 e. The van der Waals surface area contributed by atoms with Gasteiger partial charge >= 0.3 is 0 Å². The third kappa shape index (κ3) is 1.18. The van der Waals surface area contributed by atoms with Crippen molar-refractivity contribution in [3.05, 3.63) is 29.8 Å². The first kappa shape index (κ1) is 7.62. The van der Waals surface area contributed by atoms with Crippen LogP contribution in [0.4, 0.5) is 0 Å². The third-order valence-electron chi connectivity index (χ3n) is 2.55. The van der Waals surface area contributed by atoms with E-state index in [1.165, 1.54) is 0 Å². The fourth-order valence-corrected chi connectivity index (χ4v) is 1.75. The molecule has 0 saturated heterocycles. The molecule has 0 unspecified atom stereocenters. The van der Waals surface area contributed by atoms with E-state index in [1.807, 2.05) is 18.2 Å². The van der Waals surface area contributed by atoms with Gasteiger partial charge in [-0.1, -0.05) is 18.2 Å². The van der Waals surface area contributed by atoms with Crippen LogP contribution in [0.5, 0.6) is 5.75 Å². The molecule has 0 atom stereocenters. The first-order valence-corrected chi connectivity index (χ1v) is 4.31. The average molecular weight is 163 g/mol. The summed E-state index contributed by atoms with van der Waals surface area (Å²) < 4.78 is 0. The SMILES string of the molecule is NC1CC(c2ccccc2O)C1. The van der Waals surface area contributed by atoms with Crippen molar-refractivity contribution in [1.29, 1.82) is 0 Å². The van der Waals surface area contributed by atoms with Crippen LogP contribution in [0.15, 0.2) is 24.3 Å². The van der Waals surface area contributed by atoms with Crippen LogP contribution < -0.4 is 5.73 Å². The third-order valence-corrected chi connectivity index (χ3v) is 2.55. The van der Waals surface area contributed by atoms with Crippen molar-refractivity contribution < 1.29 is 5.11 Å². The summed E-state index contributed by atoms with van der Waals surface area (Å²) in [6.07, 6.45) is 2.02. The van der Waals surface area contributed by atoms with E-state index in [9.17, 15) is 5.11 Å². The summed E-state index contributed by atoms with van der Waals surface area (Å²) in [6.45, 7) is 0. The Hall–Kier alpha value is -1.02. The highest BCUT2D eigenvalue weighted by molar-refractivity contribution is 5.36. The summed E-state index contributed by atoms with van der Waals surface area (Å²) in [7, 11) is 0. The number of benzene rings is 1. The van der Waals surface area contributed by atoms with Crippen LogP contribution in [-0.4, -0.2) is 11.1 Å². The number of phenolic OH excluding ortho intramolecular Hbond substituents is 1. The van der Waals surface area contributed by atoms with Crippen LogP contribution in [0.2, 0.25) is 0 Å². The predicted molar refractivity (Wildman–Crippen MR) is 48.1 cm³/mol. The Morgan fingerprint density at radius 2 is 1.92 bits per heavy atom. The molecule has 64 valence electrons. The van der Waals surface area contributed by atoms with Crippen molar-refractivity contribution in [2.75, 3.05) is 0 Å². The molecule has 2 heteroatoms. The van der Waals surface area contributed by atoms with Crippen molar-refractivity contribution >= 4 is 0 Å². The summed E-state index contributed by atoms with van der Waals surface area (Å²) in [5, 5.41) is 9.49. The quantitative estimate of drug-likeness (QED) is 0.660. The molecule has 3 N–H and O–H groups in total. The van der Waals surface area contributed by atoms with Gasteiger partial charge in [0.2, 0.25) is 0 Å². The fraction of sp³-hybridized carbons (Fsp3) is 0.400. The Balaban J connectivity index is 2.18. The molecule has 1 aliphatic rings. The molecule has 0 aliphatic heterocycles. The monoisotopic (exact) mass is 163 g/mol. The number of nitrogens with two attached hydrogens (primary N) is 1. The molecule has 1 aliphatic carbocycles. The van der Waals surface area contributed by atoms with Crippen LogP contribution in [0, 0.1) is 0 Å². The van der Waals surface area contributed by atoms with Gasteiger partial charge in [-0.25, -0.2) is 0 Å². The van der Waals surface area contributed by atoms with Gasteiger partial charge in [0, 0.05) is 6.04 Å². The Bertz CT molecular complexity index is 279. The lowest BCUT2D eigenvalue weighted by atomic mass is 9.76. The van der Waals surface area contributed by atoms with Gasteiger partial charge in [-0.3, -0.25) is 0 Å².